The van der Waals surface area contributed by atoms with Crippen LogP contribution in [0.5, 0.6) is 0 Å². The highest BCUT2D eigenvalue weighted by Gasteiger charge is 2.19. The fraction of sp³-hybridized carbons (Fsp3) is 0.100. The maximum absolute atomic E-state index is 13.0. The van der Waals surface area contributed by atoms with Gasteiger partial charge in [-0.25, -0.2) is 0 Å². The van der Waals surface area contributed by atoms with E-state index < -0.39 is 0 Å². The lowest BCUT2D eigenvalue weighted by molar-refractivity contribution is -0.113. The van der Waals surface area contributed by atoms with Crippen molar-refractivity contribution in [3.8, 4) is 0 Å². The lowest BCUT2D eigenvalue weighted by atomic mass is 10.3. The number of nitrogens with zero attached hydrogens (tertiary/aromatic N) is 4. The minimum Gasteiger partial charge on any atom is -0.467 e. The molecule has 0 spiro atoms. The average Bonchev–Trinajstić information content (AvgIpc) is 3.51. The Balaban J connectivity index is 1.46. The van der Waals surface area contributed by atoms with Gasteiger partial charge in [0.1, 0.15) is 10.5 Å². The smallest absolute Gasteiger partial charge is 0.273 e. The number of hydrogen-bond donors (Lipinski definition) is 1. The van der Waals surface area contributed by atoms with Gasteiger partial charge in [-0.1, -0.05) is 23.4 Å². The lowest BCUT2D eigenvalue weighted by Crippen LogP contribution is -2.23. The number of carbonyl (C=O) groups is 1. The lowest BCUT2D eigenvalue weighted by Gasteiger charge is -2.08. The molecular formula is C20H14ClN5O3S2. The number of halogens is 1. The maximum Gasteiger partial charge on any atom is 0.273 e. The van der Waals surface area contributed by atoms with Crippen molar-refractivity contribution < 1.29 is 9.21 Å². The first-order valence-electron chi connectivity index (χ1n) is 9.16. The third kappa shape index (κ3) is 3.85. The number of furan rings is 1. The van der Waals surface area contributed by atoms with Crippen LogP contribution in [0.4, 0.5) is 5.69 Å². The molecule has 1 aromatic carbocycles. The molecule has 8 nitrogen and oxygen atoms in total. The van der Waals surface area contributed by atoms with Gasteiger partial charge in [0.05, 0.1) is 24.1 Å². The van der Waals surface area contributed by atoms with Crippen LogP contribution >= 0.6 is 34.7 Å². The summed E-state index contributed by atoms with van der Waals surface area (Å²) >= 11 is 8.48. The molecule has 1 N–H and O–H groups in total. The van der Waals surface area contributed by atoms with E-state index in [9.17, 15) is 9.59 Å². The number of fused-ring (bicyclic) bond motifs is 3. The molecule has 5 aromatic rings. The summed E-state index contributed by atoms with van der Waals surface area (Å²) in [6.45, 7) is 0.239. The van der Waals surface area contributed by atoms with Gasteiger partial charge >= 0.3 is 0 Å². The van der Waals surface area contributed by atoms with Crippen molar-refractivity contribution >= 4 is 62.3 Å². The SMILES string of the molecule is O=C(CSc1nnc2n(Cc3ccco3)c(=O)c3sccc3n12)Nc1ccc(Cl)cc1. The summed E-state index contributed by atoms with van der Waals surface area (Å²) in [5.74, 6) is 0.980. The van der Waals surface area contributed by atoms with E-state index in [2.05, 4.69) is 15.5 Å². The molecule has 0 aliphatic rings. The maximum atomic E-state index is 13.0. The van der Waals surface area contributed by atoms with Crippen LogP contribution in [0.3, 0.4) is 0 Å². The number of anilines is 1. The quantitative estimate of drug-likeness (QED) is 0.374. The van der Waals surface area contributed by atoms with E-state index in [0.717, 1.165) is 0 Å². The van der Waals surface area contributed by atoms with E-state index in [4.69, 9.17) is 16.0 Å². The molecule has 0 unspecified atom stereocenters. The fourth-order valence-corrected chi connectivity index (χ4v) is 4.84. The van der Waals surface area contributed by atoms with Gasteiger partial charge in [0.15, 0.2) is 5.16 Å². The van der Waals surface area contributed by atoms with Crippen molar-refractivity contribution in [3.63, 3.8) is 0 Å². The number of aromatic nitrogens is 4. The van der Waals surface area contributed by atoms with Gasteiger partial charge in [0, 0.05) is 10.7 Å². The Morgan fingerprint density at radius 1 is 1.19 bits per heavy atom. The summed E-state index contributed by atoms with van der Waals surface area (Å²) in [6, 6.07) is 12.3. The number of hydrogen-bond acceptors (Lipinski definition) is 7. The molecule has 0 aliphatic heterocycles. The number of carbonyl (C=O) groups excluding carboxylic acids is 1. The fourth-order valence-electron chi connectivity index (χ4n) is 3.15. The van der Waals surface area contributed by atoms with E-state index in [1.165, 1.54) is 27.7 Å². The highest BCUT2D eigenvalue weighted by atomic mass is 35.5. The summed E-state index contributed by atoms with van der Waals surface area (Å²) in [6.07, 6.45) is 1.56. The van der Waals surface area contributed by atoms with Crippen LogP contribution in [-0.4, -0.2) is 30.8 Å². The summed E-state index contributed by atoms with van der Waals surface area (Å²) in [4.78, 5) is 25.4. The zero-order valence-corrected chi connectivity index (χ0v) is 18.2. The van der Waals surface area contributed by atoms with Gasteiger partial charge in [-0.05, 0) is 47.8 Å². The molecule has 5 rings (SSSR count). The highest BCUT2D eigenvalue weighted by molar-refractivity contribution is 7.99. The molecule has 11 heteroatoms. The van der Waals surface area contributed by atoms with Gasteiger partial charge in [-0.2, -0.15) is 0 Å². The normalized spacial score (nSPS) is 11.4. The molecule has 0 aliphatic carbocycles. The van der Waals surface area contributed by atoms with Crippen molar-refractivity contribution in [3.05, 3.63) is 75.2 Å². The molecule has 0 fully saturated rings. The number of nitrogens with one attached hydrogen (secondary N) is 1. The van der Waals surface area contributed by atoms with Crippen LogP contribution in [0.1, 0.15) is 5.76 Å². The summed E-state index contributed by atoms with van der Waals surface area (Å²) < 4.78 is 9.33. The first-order chi connectivity index (χ1) is 15.1. The van der Waals surface area contributed by atoms with Gasteiger partial charge in [0.2, 0.25) is 11.7 Å². The minimum absolute atomic E-state index is 0.131. The Morgan fingerprint density at radius 3 is 2.81 bits per heavy atom. The monoisotopic (exact) mass is 471 g/mol. The van der Waals surface area contributed by atoms with Crippen LogP contribution in [0, 0.1) is 0 Å². The highest BCUT2D eigenvalue weighted by Crippen LogP contribution is 2.25. The number of benzene rings is 1. The zero-order chi connectivity index (χ0) is 21.4. The predicted molar refractivity (Wildman–Crippen MR) is 121 cm³/mol. The second kappa shape index (κ2) is 8.22. The van der Waals surface area contributed by atoms with Gasteiger partial charge in [-0.15, -0.1) is 21.5 Å². The number of thiophene rings is 1. The summed E-state index contributed by atoms with van der Waals surface area (Å²) in [5, 5.41) is 14.3. The minimum atomic E-state index is -0.186. The molecular weight excluding hydrogens is 458 g/mol. The topological polar surface area (TPSA) is 94.4 Å². The Labute approximate surface area is 188 Å². The van der Waals surface area contributed by atoms with Crippen molar-refractivity contribution in [2.75, 3.05) is 11.1 Å². The van der Waals surface area contributed by atoms with Gasteiger partial charge < -0.3 is 9.73 Å². The molecule has 0 atom stereocenters. The van der Waals surface area contributed by atoms with Crippen LogP contribution in [0.25, 0.3) is 16.0 Å². The molecule has 0 saturated heterocycles. The van der Waals surface area contributed by atoms with Crippen molar-refractivity contribution in [2.45, 2.75) is 11.7 Å². The number of rotatable bonds is 6. The van der Waals surface area contributed by atoms with E-state index in [1.807, 2.05) is 11.4 Å². The Kier molecular flexibility index (Phi) is 5.26. The molecule has 156 valence electrons. The zero-order valence-electron chi connectivity index (χ0n) is 15.8. The average molecular weight is 472 g/mol. The molecule has 0 saturated carbocycles. The third-order valence-electron chi connectivity index (χ3n) is 4.54. The standard InChI is InChI=1S/C20H14ClN5O3S2/c21-12-3-5-13(6-4-12)22-16(27)11-31-20-24-23-19-25(10-14-2-1-8-29-14)18(28)17-15(26(19)20)7-9-30-17/h1-9H,10-11H2,(H,22,27). The van der Waals surface area contributed by atoms with Crippen molar-refractivity contribution in [1.29, 1.82) is 0 Å². The van der Waals surface area contributed by atoms with Crippen LogP contribution in [0.2, 0.25) is 5.02 Å². The first-order valence-corrected chi connectivity index (χ1v) is 11.4. The van der Waals surface area contributed by atoms with Crippen LogP contribution < -0.4 is 10.9 Å². The molecule has 0 radical (unpaired) electrons. The van der Waals surface area contributed by atoms with Crippen molar-refractivity contribution in [1.82, 2.24) is 19.2 Å². The van der Waals surface area contributed by atoms with Crippen molar-refractivity contribution in [2.24, 2.45) is 0 Å². The third-order valence-corrected chi connectivity index (χ3v) is 6.61. The van der Waals surface area contributed by atoms with Crippen LogP contribution in [-0.2, 0) is 11.3 Å². The van der Waals surface area contributed by atoms with E-state index in [-0.39, 0.29) is 23.8 Å². The summed E-state index contributed by atoms with van der Waals surface area (Å²) in [7, 11) is 0. The molecule has 1 amide bonds. The van der Waals surface area contributed by atoms with E-state index >= 15 is 0 Å². The number of thioether (sulfide) groups is 1. The molecule has 4 heterocycles. The second-order valence-electron chi connectivity index (χ2n) is 6.57. The van der Waals surface area contributed by atoms with E-state index in [0.29, 0.717) is 37.6 Å². The predicted octanol–water partition coefficient (Wildman–Crippen LogP) is 4.13. The second-order valence-corrected chi connectivity index (χ2v) is 8.86. The molecule has 0 bridgehead atoms. The van der Waals surface area contributed by atoms with Crippen LogP contribution in [0.15, 0.2) is 68.5 Å². The first kappa shape index (κ1) is 19.9. The van der Waals surface area contributed by atoms with E-state index in [1.54, 1.807) is 47.1 Å². The molecule has 31 heavy (non-hydrogen) atoms. The molecule has 4 aromatic heterocycles. The number of amides is 1. The Hall–Kier alpha value is -3.08. The Morgan fingerprint density at radius 2 is 2.03 bits per heavy atom. The van der Waals surface area contributed by atoms with Gasteiger partial charge in [0.25, 0.3) is 5.56 Å². The largest absolute Gasteiger partial charge is 0.467 e. The Bertz CT molecular complexity index is 1440. The summed E-state index contributed by atoms with van der Waals surface area (Å²) in [5.41, 5.74) is 1.22. The van der Waals surface area contributed by atoms with Gasteiger partial charge in [-0.3, -0.25) is 18.6 Å².